The van der Waals surface area contributed by atoms with Crippen LogP contribution in [0.5, 0.6) is 5.75 Å². The number of carbonyl (C=O) groups excluding carboxylic acids is 2. The number of hydrogen-bond acceptors (Lipinski definition) is 7. The first-order valence-electron chi connectivity index (χ1n) is 11.5. The second-order valence-electron chi connectivity index (χ2n) is 9.08. The summed E-state index contributed by atoms with van der Waals surface area (Å²) < 4.78 is 21.8. The van der Waals surface area contributed by atoms with E-state index >= 15 is 0 Å². The van der Waals surface area contributed by atoms with E-state index in [4.69, 9.17) is 18.9 Å². The fourth-order valence-corrected chi connectivity index (χ4v) is 7.22. The lowest BCUT2D eigenvalue weighted by atomic mass is 9.67. The summed E-state index contributed by atoms with van der Waals surface area (Å²) in [6, 6.07) is 7.68. The monoisotopic (exact) mass is 573 g/mol. The fraction of sp³-hybridized carbons (Fsp3) is 0.667. The number of nitrogens with zero attached hydrogens (tertiary/aromatic N) is 1. The topological polar surface area (TPSA) is 94.5 Å². The molecule has 7 atom stereocenters. The second kappa shape index (κ2) is 10.8. The Bertz CT molecular complexity index is 835. The molecule has 1 aromatic rings. The van der Waals surface area contributed by atoms with E-state index in [1.807, 2.05) is 24.3 Å². The number of rotatable bonds is 8. The number of unbranched alkanes of at least 4 members (excludes halogenated alkanes) is 1. The molecule has 2 heterocycles. The number of amides is 1. The minimum atomic E-state index is -0.888. The van der Waals surface area contributed by atoms with Gasteiger partial charge >= 0.3 is 12.1 Å². The lowest BCUT2D eigenvalue weighted by molar-refractivity contribution is -0.142. The highest BCUT2D eigenvalue weighted by molar-refractivity contribution is 14.1. The molecule has 182 valence electrons. The Balaban J connectivity index is 1.34. The van der Waals surface area contributed by atoms with Crippen molar-refractivity contribution in [2.45, 2.75) is 61.0 Å². The van der Waals surface area contributed by atoms with Crippen molar-refractivity contribution in [3.8, 4) is 5.75 Å². The zero-order valence-electron chi connectivity index (χ0n) is 19.0. The van der Waals surface area contributed by atoms with Gasteiger partial charge in [0.05, 0.1) is 31.2 Å². The van der Waals surface area contributed by atoms with Crippen LogP contribution < -0.4 is 4.74 Å². The molecule has 3 aliphatic rings. The number of aliphatic hydroxyl groups excluding tert-OH is 1. The summed E-state index contributed by atoms with van der Waals surface area (Å²) in [5.74, 6) is 0.839. The van der Waals surface area contributed by atoms with E-state index in [1.165, 1.54) is 12.0 Å². The molecule has 8 nitrogen and oxygen atoms in total. The van der Waals surface area contributed by atoms with Crippen molar-refractivity contribution in [2.24, 2.45) is 17.8 Å². The van der Waals surface area contributed by atoms with Crippen LogP contribution in [0.25, 0.3) is 0 Å². The predicted octanol–water partition coefficient (Wildman–Crippen LogP) is 3.52. The lowest BCUT2D eigenvalue weighted by Gasteiger charge is -2.46. The quantitative estimate of drug-likeness (QED) is 0.220. The van der Waals surface area contributed by atoms with Crippen molar-refractivity contribution in [1.82, 2.24) is 4.90 Å². The third-order valence-corrected chi connectivity index (χ3v) is 8.89. The number of fused-ring (bicyclic) bond motifs is 3. The van der Waals surface area contributed by atoms with Crippen molar-refractivity contribution < 1.29 is 33.6 Å². The summed E-state index contributed by atoms with van der Waals surface area (Å²) >= 11 is 2.38. The van der Waals surface area contributed by atoms with Crippen LogP contribution in [-0.4, -0.2) is 65.2 Å². The number of ether oxygens (including phenoxy) is 4. The number of esters is 1. The van der Waals surface area contributed by atoms with Crippen LogP contribution in [0.3, 0.4) is 0 Å². The Morgan fingerprint density at radius 3 is 2.67 bits per heavy atom. The lowest BCUT2D eigenvalue weighted by Crippen LogP contribution is -2.56. The molecule has 0 bridgehead atoms. The van der Waals surface area contributed by atoms with E-state index in [1.54, 1.807) is 7.11 Å². The van der Waals surface area contributed by atoms with Gasteiger partial charge in [0.15, 0.2) is 0 Å². The molecule has 1 aliphatic carbocycles. The Morgan fingerprint density at radius 2 is 1.97 bits per heavy atom. The number of methoxy groups -OCH3 is 2. The summed E-state index contributed by atoms with van der Waals surface area (Å²) in [4.78, 5) is 26.1. The van der Waals surface area contributed by atoms with E-state index in [2.05, 4.69) is 22.6 Å². The minimum absolute atomic E-state index is 0.0396. The molecule has 1 aromatic carbocycles. The van der Waals surface area contributed by atoms with Crippen molar-refractivity contribution in [2.75, 3.05) is 20.8 Å². The van der Waals surface area contributed by atoms with E-state index < -0.39 is 12.3 Å². The zero-order chi connectivity index (χ0) is 23.5. The number of aliphatic hydroxyl groups is 1. The summed E-state index contributed by atoms with van der Waals surface area (Å²) in [6.45, 7) is 1.19. The number of hydrogen-bond donors (Lipinski definition) is 1. The SMILES string of the molecule is COC(=O)N1C(O)C[C@@H]2[C@H]3CC(=O)O[C@H]3[C@H](I)[C@@H](CCCCOCc3ccc(OC)cc3)[C@H]21. The summed E-state index contributed by atoms with van der Waals surface area (Å²) in [5, 5.41) is 10.7. The van der Waals surface area contributed by atoms with E-state index in [9.17, 15) is 14.7 Å². The van der Waals surface area contributed by atoms with Gasteiger partial charge in [-0.2, -0.15) is 0 Å². The molecule has 4 rings (SSSR count). The number of carbonyl (C=O) groups is 2. The van der Waals surface area contributed by atoms with Gasteiger partial charge in [-0.25, -0.2) is 4.79 Å². The number of alkyl halides is 1. The summed E-state index contributed by atoms with van der Waals surface area (Å²) in [6.07, 6.45) is 1.95. The Hall–Kier alpha value is -1.59. The van der Waals surface area contributed by atoms with Gasteiger partial charge in [0, 0.05) is 18.6 Å². The molecular weight excluding hydrogens is 541 g/mol. The normalized spacial score (nSPS) is 32.8. The Morgan fingerprint density at radius 1 is 1.21 bits per heavy atom. The molecule has 0 spiro atoms. The largest absolute Gasteiger partial charge is 0.497 e. The minimum Gasteiger partial charge on any atom is -0.497 e. The molecule has 2 aliphatic heterocycles. The maximum Gasteiger partial charge on any atom is 0.411 e. The maximum atomic E-state index is 12.5. The molecular formula is C24H32INO7. The number of likely N-dealkylation sites (tertiary alicyclic amines) is 1. The van der Waals surface area contributed by atoms with Gasteiger partial charge in [-0.05, 0) is 48.8 Å². The highest BCUT2D eigenvalue weighted by Crippen LogP contribution is 2.53. The van der Waals surface area contributed by atoms with Gasteiger partial charge in [-0.3, -0.25) is 9.69 Å². The van der Waals surface area contributed by atoms with Gasteiger partial charge in [-0.15, -0.1) is 0 Å². The third kappa shape index (κ3) is 5.09. The molecule has 2 saturated heterocycles. The molecule has 1 unspecified atom stereocenters. The average molecular weight is 573 g/mol. The van der Waals surface area contributed by atoms with Gasteiger partial charge in [-0.1, -0.05) is 41.1 Å². The summed E-state index contributed by atoms with van der Waals surface area (Å²) in [7, 11) is 2.99. The number of benzene rings is 1. The van der Waals surface area contributed by atoms with Crippen LogP contribution in [0.4, 0.5) is 4.79 Å². The Labute approximate surface area is 208 Å². The van der Waals surface area contributed by atoms with E-state index in [0.29, 0.717) is 26.1 Å². The zero-order valence-corrected chi connectivity index (χ0v) is 21.2. The van der Waals surface area contributed by atoms with Gasteiger partial charge in [0.25, 0.3) is 0 Å². The molecule has 9 heteroatoms. The van der Waals surface area contributed by atoms with Crippen LogP contribution in [0, 0.1) is 17.8 Å². The van der Waals surface area contributed by atoms with Crippen LogP contribution in [0.1, 0.15) is 37.7 Å². The van der Waals surface area contributed by atoms with Crippen molar-refractivity contribution in [1.29, 1.82) is 0 Å². The first-order chi connectivity index (χ1) is 15.9. The standard InChI is InChI=1S/C24H32INO7/c1-30-15-8-6-14(7-9-15)13-32-10-4-3-5-16-21(25)23-18(12-20(28)33-23)17-11-19(27)26(22(16)17)24(29)31-2/h6-9,16-19,21-23,27H,3-5,10-13H2,1-2H3/t16-,17-,18-,19?,21-,22-,23-/m1/s1. The first-order valence-corrected chi connectivity index (χ1v) is 12.8. The highest BCUT2D eigenvalue weighted by Gasteiger charge is 2.61. The van der Waals surface area contributed by atoms with Crippen molar-refractivity contribution in [3.63, 3.8) is 0 Å². The molecule has 33 heavy (non-hydrogen) atoms. The van der Waals surface area contributed by atoms with E-state index in [-0.39, 0.29) is 39.8 Å². The summed E-state index contributed by atoms with van der Waals surface area (Å²) in [5.41, 5.74) is 1.10. The third-order valence-electron chi connectivity index (χ3n) is 7.26. The second-order valence-corrected chi connectivity index (χ2v) is 10.5. The van der Waals surface area contributed by atoms with Crippen LogP contribution in [0.15, 0.2) is 24.3 Å². The van der Waals surface area contributed by atoms with E-state index in [0.717, 1.165) is 30.6 Å². The highest BCUT2D eigenvalue weighted by atomic mass is 127. The molecule has 3 fully saturated rings. The van der Waals surface area contributed by atoms with Crippen LogP contribution in [-0.2, 0) is 25.6 Å². The smallest absolute Gasteiger partial charge is 0.411 e. The molecule has 1 saturated carbocycles. The molecule has 0 radical (unpaired) electrons. The van der Waals surface area contributed by atoms with Crippen LogP contribution >= 0.6 is 22.6 Å². The molecule has 1 amide bonds. The predicted molar refractivity (Wildman–Crippen MR) is 128 cm³/mol. The van der Waals surface area contributed by atoms with Gasteiger partial charge < -0.3 is 24.1 Å². The van der Waals surface area contributed by atoms with Crippen LogP contribution in [0.2, 0.25) is 0 Å². The Kier molecular flexibility index (Phi) is 8.01. The average Bonchev–Trinajstić information content (AvgIpc) is 3.37. The van der Waals surface area contributed by atoms with Crippen molar-refractivity contribution in [3.05, 3.63) is 29.8 Å². The van der Waals surface area contributed by atoms with Gasteiger partial charge in [0.1, 0.15) is 18.1 Å². The maximum absolute atomic E-state index is 12.5. The molecule has 1 N–H and O–H groups in total. The van der Waals surface area contributed by atoms with Gasteiger partial charge in [0.2, 0.25) is 0 Å². The first kappa shape index (κ1) is 24.5. The number of halogens is 1. The van der Waals surface area contributed by atoms with Crippen molar-refractivity contribution >= 4 is 34.7 Å². The fourth-order valence-electron chi connectivity index (χ4n) is 5.75. The molecule has 0 aromatic heterocycles.